The minimum atomic E-state index is -0.159. The van der Waals surface area contributed by atoms with Crippen molar-refractivity contribution in [3.05, 3.63) is 48.0 Å². The summed E-state index contributed by atoms with van der Waals surface area (Å²) in [6, 6.07) is 6.79. The van der Waals surface area contributed by atoms with Crippen LogP contribution in [-0.4, -0.2) is 36.3 Å². The van der Waals surface area contributed by atoms with Gasteiger partial charge in [-0.25, -0.2) is 0 Å². The van der Waals surface area contributed by atoms with Crippen molar-refractivity contribution in [1.29, 1.82) is 0 Å². The summed E-state index contributed by atoms with van der Waals surface area (Å²) < 4.78 is 0. The molecule has 0 atom stereocenters. The summed E-state index contributed by atoms with van der Waals surface area (Å²) in [5, 5.41) is 2.71. The van der Waals surface area contributed by atoms with E-state index in [1.54, 1.807) is 30.3 Å². The van der Waals surface area contributed by atoms with E-state index in [9.17, 15) is 9.59 Å². The van der Waals surface area contributed by atoms with Crippen molar-refractivity contribution in [1.82, 2.24) is 10.2 Å². The average molecular weight is 288 g/mol. The molecular formula is C17H24N2O2. The van der Waals surface area contributed by atoms with E-state index in [0.717, 1.165) is 25.9 Å². The first kappa shape index (κ1) is 17.0. The number of nitrogens with zero attached hydrogens (tertiary/aromatic N) is 1. The molecule has 0 fully saturated rings. The number of carbonyl (C=O) groups excluding carboxylic acids is 2. The molecule has 0 bridgehead atoms. The molecule has 0 spiro atoms. The van der Waals surface area contributed by atoms with Gasteiger partial charge in [0.1, 0.15) is 0 Å². The van der Waals surface area contributed by atoms with Gasteiger partial charge >= 0.3 is 0 Å². The van der Waals surface area contributed by atoms with Crippen LogP contribution >= 0.6 is 0 Å². The number of rotatable bonds is 8. The van der Waals surface area contributed by atoms with Crippen LogP contribution in [0.3, 0.4) is 0 Å². The number of hydrogen-bond acceptors (Lipinski definition) is 2. The van der Waals surface area contributed by atoms with Crippen LogP contribution in [-0.2, 0) is 0 Å². The Morgan fingerprint density at radius 2 is 1.62 bits per heavy atom. The van der Waals surface area contributed by atoms with Gasteiger partial charge in [0, 0.05) is 30.8 Å². The predicted octanol–water partition coefficient (Wildman–Crippen LogP) is 2.86. The van der Waals surface area contributed by atoms with Gasteiger partial charge in [-0.1, -0.05) is 19.9 Å². The molecule has 0 saturated carbocycles. The van der Waals surface area contributed by atoms with Gasteiger partial charge in [0.2, 0.25) is 0 Å². The Labute approximate surface area is 126 Å². The van der Waals surface area contributed by atoms with E-state index in [0.29, 0.717) is 17.7 Å². The van der Waals surface area contributed by atoms with Crippen LogP contribution in [0.2, 0.25) is 0 Å². The van der Waals surface area contributed by atoms with Crippen molar-refractivity contribution in [2.45, 2.75) is 26.7 Å². The van der Waals surface area contributed by atoms with Gasteiger partial charge in [-0.05, 0) is 37.1 Å². The second-order valence-corrected chi connectivity index (χ2v) is 4.87. The van der Waals surface area contributed by atoms with E-state index in [4.69, 9.17) is 0 Å². The number of amides is 2. The topological polar surface area (TPSA) is 49.4 Å². The standard InChI is InChI=1S/C17H24N2O2/c1-4-11-18-16(20)14-7-9-15(10-8-14)17(21)19(12-5-2)13-6-3/h4,7-10H,1,5-6,11-13H2,2-3H3,(H,18,20). The molecule has 0 heterocycles. The van der Waals surface area contributed by atoms with E-state index in [2.05, 4.69) is 25.7 Å². The fourth-order valence-electron chi connectivity index (χ4n) is 2.07. The Hall–Kier alpha value is -2.10. The first-order valence-corrected chi connectivity index (χ1v) is 7.42. The molecular weight excluding hydrogens is 264 g/mol. The number of benzene rings is 1. The maximum absolute atomic E-state index is 12.4. The van der Waals surface area contributed by atoms with Gasteiger partial charge in [0.15, 0.2) is 0 Å². The van der Waals surface area contributed by atoms with Crippen molar-refractivity contribution in [2.24, 2.45) is 0 Å². The summed E-state index contributed by atoms with van der Waals surface area (Å²) >= 11 is 0. The summed E-state index contributed by atoms with van der Waals surface area (Å²) in [4.78, 5) is 26.0. The molecule has 1 aromatic rings. The lowest BCUT2D eigenvalue weighted by atomic mass is 10.1. The van der Waals surface area contributed by atoms with Crippen LogP contribution in [0.25, 0.3) is 0 Å². The van der Waals surface area contributed by atoms with Gasteiger partial charge in [-0.3, -0.25) is 9.59 Å². The van der Waals surface area contributed by atoms with Crippen molar-refractivity contribution >= 4 is 11.8 Å². The van der Waals surface area contributed by atoms with E-state index in [-0.39, 0.29) is 11.8 Å². The zero-order chi connectivity index (χ0) is 15.7. The van der Waals surface area contributed by atoms with Gasteiger partial charge < -0.3 is 10.2 Å². The molecule has 1 rings (SSSR count). The van der Waals surface area contributed by atoms with Gasteiger partial charge in [0.05, 0.1) is 0 Å². The predicted molar refractivity (Wildman–Crippen MR) is 85.5 cm³/mol. The highest BCUT2D eigenvalue weighted by atomic mass is 16.2. The Kier molecular flexibility index (Phi) is 7.23. The van der Waals surface area contributed by atoms with Gasteiger partial charge in [-0.2, -0.15) is 0 Å². The third-order valence-corrected chi connectivity index (χ3v) is 3.08. The van der Waals surface area contributed by atoms with Crippen molar-refractivity contribution in [3.63, 3.8) is 0 Å². The summed E-state index contributed by atoms with van der Waals surface area (Å²) in [6.45, 7) is 9.62. The summed E-state index contributed by atoms with van der Waals surface area (Å²) in [6.07, 6.45) is 3.50. The van der Waals surface area contributed by atoms with Crippen molar-refractivity contribution in [3.8, 4) is 0 Å². The summed E-state index contributed by atoms with van der Waals surface area (Å²) in [5.74, 6) is -0.135. The molecule has 2 amide bonds. The molecule has 4 nitrogen and oxygen atoms in total. The first-order chi connectivity index (χ1) is 10.1. The van der Waals surface area contributed by atoms with Crippen LogP contribution in [0.15, 0.2) is 36.9 Å². The number of carbonyl (C=O) groups is 2. The van der Waals surface area contributed by atoms with E-state index in [1.807, 2.05) is 4.90 Å². The Balaban J connectivity index is 2.78. The minimum absolute atomic E-state index is 0.0248. The van der Waals surface area contributed by atoms with E-state index in [1.165, 1.54) is 0 Å². The largest absolute Gasteiger partial charge is 0.349 e. The third-order valence-electron chi connectivity index (χ3n) is 3.08. The SMILES string of the molecule is C=CCNC(=O)c1ccc(C(=O)N(CCC)CCC)cc1. The molecule has 1 N–H and O–H groups in total. The summed E-state index contributed by atoms with van der Waals surface area (Å²) in [7, 11) is 0. The zero-order valence-electron chi connectivity index (χ0n) is 12.9. The molecule has 1 aromatic carbocycles. The fraction of sp³-hybridized carbons (Fsp3) is 0.412. The molecule has 114 valence electrons. The third kappa shape index (κ3) is 5.06. The lowest BCUT2D eigenvalue weighted by molar-refractivity contribution is 0.0755. The Morgan fingerprint density at radius 1 is 1.10 bits per heavy atom. The Bertz CT molecular complexity index is 474. The first-order valence-electron chi connectivity index (χ1n) is 7.42. The van der Waals surface area contributed by atoms with Crippen LogP contribution in [0.4, 0.5) is 0 Å². The average Bonchev–Trinajstić information content (AvgIpc) is 2.52. The molecule has 0 aliphatic rings. The molecule has 0 aliphatic carbocycles. The van der Waals surface area contributed by atoms with Crippen LogP contribution < -0.4 is 5.32 Å². The quantitative estimate of drug-likeness (QED) is 0.748. The highest BCUT2D eigenvalue weighted by molar-refractivity contribution is 5.97. The lowest BCUT2D eigenvalue weighted by Gasteiger charge is -2.21. The highest BCUT2D eigenvalue weighted by Crippen LogP contribution is 2.09. The smallest absolute Gasteiger partial charge is 0.253 e. The maximum atomic E-state index is 12.4. The monoisotopic (exact) mass is 288 g/mol. The molecule has 21 heavy (non-hydrogen) atoms. The maximum Gasteiger partial charge on any atom is 0.253 e. The summed E-state index contributed by atoms with van der Waals surface area (Å²) in [5.41, 5.74) is 1.17. The Morgan fingerprint density at radius 3 is 2.10 bits per heavy atom. The second kappa shape index (κ2) is 8.95. The molecule has 0 radical (unpaired) electrons. The van der Waals surface area contributed by atoms with E-state index >= 15 is 0 Å². The molecule has 0 aromatic heterocycles. The molecule has 0 unspecified atom stereocenters. The highest BCUT2D eigenvalue weighted by Gasteiger charge is 2.14. The van der Waals surface area contributed by atoms with Gasteiger partial charge in [0.25, 0.3) is 11.8 Å². The van der Waals surface area contributed by atoms with Crippen molar-refractivity contribution < 1.29 is 9.59 Å². The second-order valence-electron chi connectivity index (χ2n) is 4.87. The lowest BCUT2D eigenvalue weighted by Crippen LogP contribution is -2.32. The van der Waals surface area contributed by atoms with Crippen LogP contribution in [0.5, 0.6) is 0 Å². The minimum Gasteiger partial charge on any atom is -0.349 e. The van der Waals surface area contributed by atoms with Gasteiger partial charge in [-0.15, -0.1) is 6.58 Å². The molecule has 0 aliphatic heterocycles. The number of nitrogens with one attached hydrogen (secondary N) is 1. The normalized spacial score (nSPS) is 10.0. The van der Waals surface area contributed by atoms with Crippen LogP contribution in [0, 0.1) is 0 Å². The molecule has 0 saturated heterocycles. The van der Waals surface area contributed by atoms with Crippen LogP contribution in [0.1, 0.15) is 47.4 Å². The van der Waals surface area contributed by atoms with Crippen molar-refractivity contribution in [2.75, 3.05) is 19.6 Å². The zero-order valence-corrected chi connectivity index (χ0v) is 12.9. The van der Waals surface area contributed by atoms with E-state index < -0.39 is 0 Å². The number of hydrogen-bond donors (Lipinski definition) is 1. The fourth-order valence-corrected chi connectivity index (χ4v) is 2.07. The molecule has 4 heteroatoms.